The predicted molar refractivity (Wildman–Crippen MR) is 85.8 cm³/mol. The number of benzene rings is 1. The summed E-state index contributed by atoms with van der Waals surface area (Å²) in [5.41, 5.74) is 4.93. The molecule has 1 aromatic carbocycles. The third-order valence-electron chi connectivity index (χ3n) is 2.83. The average Bonchev–Trinajstić information content (AvgIpc) is 2.79. The molecule has 23 heavy (non-hydrogen) atoms. The Balaban J connectivity index is 2.37. The Labute approximate surface area is 139 Å². The molecule has 0 bridgehead atoms. The molecule has 0 unspecified atom stereocenters. The summed E-state index contributed by atoms with van der Waals surface area (Å²) in [6, 6.07) is 6.72. The number of carbonyl (C=O) groups excluding carboxylic acids is 1. The van der Waals surface area contributed by atoms with Crippen LogP contribution in [0.3, 0.4) is 0 Å². The topological polar surface area (TPSA) is 104 Å². The quantitative estimate of drug-likeness (QED) is 0.845. The third kappa shape index (κ3) is 3.65. The Bertz CT molecular complexity index is 836. The number of ether oxygens (including phenoxy) is 1. The Hall–Kier alpha value is -2.06. The standard InChI is InChI=1S/C14H16ClN3O4S/c1-14(2,3)13(19)22-12-8-11(16)18(17-12)23(20,21)10-6-4-9(15)5-7-10/h4-8H,16H2,1-3H3. The molecule has 2 N–H and O–H groups in total. The van der Waals surface area contributed by atoms with Gasteiger partial charge in [-0.1, -0.05) is 11.6 Å². The van der Waals surface area contributed by atoms with Crippen molar-refractivity contribution in [2.75, 3.05) is 5.73 Å². The van der Waals surface area contributed by atoms with Crippen molar-refractivity contribution in [1.29, 1.82) is 0 Å². The number of hydrogen-bond acceptors (Lipinski definition) is 6. The van der Waals surface area contributed by atoms with E-state index in [1.807, 2.05) is 0 Å². The molecule has 0 amide bonds. The van der Waals surface area contributed by atoms with Crippen LogP contribution in [0.25, 0.3) is 0 Å². The number of nitrogens with zero attached hydrogens (tertiary/aromatic N) is 2. The van der Waals surface area contributed by atoms with E-state index in [2.05, 4.69) is 5.10 Å². The Morgan fingerprint density at radius 1 is 1.26 bits per heavy atom. The van der Waals surface area contributed by atoms with Gasteiger partial charge in [0.1, 0.15) is 5.82 Å². The summed E-state index contributed by atoms with van der Waals surface area (Å²) in [4.78, 5) is 11.8. The van der Waals surface area contributed by atoms with E-state index in [1.54, 1.807) is 20.8 Å². The fourth-order valence-electron chi connectivity index (χ4n) is 1.55. The molecule has 0 radical (unpaired) electrons. The molecule has 0 saturated heterocycles. The Morgan fingerprint density at radius 3 is 2.35 bits per heavy atom. The molecular formula is C14H16ClN3O4S. The Morgan fingerprint density at radius 2 is 1.83 bits per heavy atom. The van der Waals surface area contributed by atoms with Crippen molar-refractivity contribution in [3.63, 3.8) is 0 Å². The maximum absolute atomic E-state index is 12.5. The lowest BCUT2D eigenvalue weighted by Gasteiger charge is -2.14. The maximum atomic E-state index is 12.5. The third-order valence-corrected chi connectivity index (χ3v) is 4.70. The second kappa shape index (κ2) is 5.86. The van der Waals surface area contributed by atoms with Crippen molar-refractivity contribution < 1.29 is 17.9 Å². The molecule has 2 aromatic rings. The molecule has 0 spiro atoms. The van der Waals surface area contributed by atoms with E-state index in [1.165, 1.54) is 30.3 Å². The molecule has 9 heteroatoms. The van der Waals surface area contributed by atoms with Crippen LogP contribution < -0.4 is 10.5 Å². The Kier molecular flexibility index (Phi) is 4.41. The monoisotopic (exact) mass is 357 g/mol. The molecule has 0 aliphatic rings. The molecule has 0 aliphatic carbocycles. The number of aromatic nitrogens is 2. The van der Waals surface area contributed by atoms with E-state index in [-0.39, 0.29) is 16.6 Å². The molecule has 0 aliphatic heterocycles. The number of nitrogens with two attached hydrogens (primary N) is 1. The summed E-state index contributed by atoms with van der Waals surface area (Å²) in [7, 11) is -4.01. The number of hydrogen-bond donors (Lipinski definition) is 1. The van der Waals surface area contributed by atoms with Crippen LogP contribution in [0.15, 0.2) is 35.2 Å². The van der Waals surface area contributed by atoms with Crippen LogP contribution in [-0.2, 0) is 14.8 Å². The van der Waals surface area contributed by atoms with Crippen LogP contribution in [-0.4, -0.2) is 23.6 Å². The van der Waals surface area contributed by atoms with Gasteiger partial charge in [-0.25, -0.2) is 0 Å². The molecule has 1 heterocycles. The van der Waals surface area contributed by atoms with Gasteiger partial charge in [-0.3, -0.25) is 4.79 Å². The van der Waals surface area contributed by atoms with Gasteiger partial charge in [-0.15, -0.1) is 9.19 Å². The van der Waals surface area contributed by atoms with E-state index in [0.29, 0.717) is 9.11 Å². The summed E-state index contributed by atoms with van der Waals surface area (Å²) in [6.07, 6.45) is 0. The normalized spacial score (nSPS) is 12.2. The number of rotatable bonds is 3. The summed E-state index contributed by atoms with van der Waals surface area (Å²) < 4.78 is 30.7. The molecule has 0 atom stereocenters. The number of esters is 1. The largest absolute Gasteiger partial charge is 0.405 e. The molecule has 0 saturated carbocycles. The van der Waals surface area contributed by atoms with Crippen molar-refractivity contribution in [2.24, 2.45) is 5.41 Å². The first-order chi connectivity index (χ1) is 10.5. The second-order valence-electron chi connectivity index (χ2n) is 5.85. The second-order valence-corrected chi connectivity index (χ2v) is 8.05. The number of carbonyl (C=O) groups is 1. The van der Waals surface area contributed by atoms with Crippen molar-refractivity contribution in [3.8, 4) is 5.88 Å². The smallest absolute Gasteiger partial charge is 0.317 e. The maximum Gasteiger partial charge on any atom is 0.317 e. The minimum atomic E-state index is -4.01. The van der Waals surface area contributed by atoms with Gasteiger partial charge in [-0.2, -0.15) is 8.42 Å². The van der Waals surface area contributed by atoms with E-state index in [9.17, 15) is 13.2 Å². The van der Waals surface area contributed by atoms with Crippen LogP contribution >= 0.6 is 11.6 Å². The fraction of sp³-hybridized carbons (Fsp3) is 0.286. The zero-order chi connectivity index (χ0) is 17.4. The minimum Gasteiger partial charge on any atom is -0.405 e. The van der Waals surface area contributed by atoms with Crippen molar-refractivity contribution in [3.05, 3.63) is 35.4 Å². The highest BCUT2D eigenvalue weighted by Gasteiger charge is 2.27. The first-order valence-corrected chi connectivity index (χ1v) is 8.42. The van der Waals surface area contributed by atoms with Crippen LogP contribution in [0, 0.1) is 5.41 Å². The number of nitrogen functional groups attached to an aromatic ring is 1. The first-order valence-electron chi connectivity index (χ1n) is 6.61. The van der Waals surface area contributed by atoms with Gasteiger partial charge in [0.15, 0.2) is 0 Å². The summed E-state index contributed by atoms with van der Waals surface area (Å²) in [5.74, 6) is -0.900. The van der Waals surface area contributed by atoms with Gasteiger partial charge in [-0.05, 0) is 45.0 Å². The predicted octanol–water partition coefficient (Wildman–Crippen LogP) is 2.31. The lowest BCUT2D eigenvalue weighted by atomic mass is 9.97. The molecule has 2 rings (SSSR count). The zero-order valence-corrected chi connectivity index (χ0v) is 14.4. The lowest BCUT2D eigenvalue weighted by Crippen LogP contribution is -2.26. The molecule has 124 valence electrons. The number of anilines is 1. The number of halogens is 1. The van der Waals surface area contributed by atoms with Crippen molar-refractivity contribution in [2.45, 2.75) is 25.7 Å². The highest BCUT2D eigenvalue weighted by molar-refractivity contribution is 7.90. The van der Waals surface area contributed by atoms with Gasteiger partial charge < -0.3 is 10.5 Å². The molecular weight excluding hydrogens is 342 g/mol. The van der Waals surface area contributed by atoms with Crippen LogP contribution in [0.5, 0.6) is 5.88 Å². The van der Waals surface area contributed by atoms with E-state index < -0.39 is 21.4 Å². The van der Waals surface area contributed by atoms with Crippen LogP contribution in [0.4, 0.5) is 5.82 Å². The van der Waals surface area contributed by atoms with E-state index >= 15 is 0 Å². The fourth-order valence-corrected chi connectivity index (χ4v) is 2.88. The van der Waals surface area contributed by atoms with Crippen LogP contribution in [0.1, 0.15) is 20.8 Å². The van der Waals surface area contributed by atoms with E-state index in [0.717, 1.165) is 0 Å². The SMILES string of the molecule is CC(C)(C)C(=O)Oc1cc(N)n(S(=O)(=O)c2ccc(Cl)cc2)n1. The van der Waals surface area contributed by atoms with Gasteiger partial charge in [0.05, 0.1) is 10.3 Å². The zero-order valence-electron chi connectivity index (χ0n) is 12.8. The molecule has 7 nitrogen and oxygen atoms in total. The highest BCUT2D eigenvalue weighted by atomic mass is 35.5. The van der Waals surface area contributed by atoms with Gasteiger partial charge in [0, 0.05) is 11.1 Å². The van der Waals surface area contributed by atoms with Crippen LogP contribution in [0.2, 0.25) is 5.02 Å². The average molecular weight is 358 g/mol. The summed E-state index contributed by atoms with van der Waals surface area (Å²) in [5, 5.41) is 4.16. The highest BCUT2D eigenvalue weighted by Crippen LogP contribution is 2.24. The van der Waals surface area contributed by atoms with Crippen molar-refractivity contribution >= 4 is 33.4 Å². The summed E-state index contributed by atoms with van der Waals surface area (Å²) >= 11 is 5.74. The molecule has 1 aromatic heterocycles. The lowest BCUT2D eigenvalue weighted by molar-refractivity contribution is -0.143. The van der Waals surface area contributed by atoms with Gasteiger partial charge >= 0.3 is 5.97 Å². The van der Waals surface area contributed by atoms with Gasteiger partial charge in [0.25, 0.3) is 10.0 Å². The van der Waals surface area contributed by atoms with Gasteiger partial charge in [0.2, 0.25) is 5.88 Å². The molecule has 0 fully saturated rings. The van der Waals surface area contributed by atoms with E-state index in [4.69, 9.17) is 22.1 Å². The summed E-state index contributed by atoms with van der Waals surface area (Å²) in [6.45, 7) is 5.00. The first kappa shape index (κ1) is 17.3. The van der Waals surface area contributed by atoms with Crippen molar-refractivity contribution in [1.82, 2.24) is 9.19 Å². The minimum absolute atomic E-state index is 0.0367.